The van der Waals surface area contributed by atoms with Crippen LogP contribution in [0.15, 0.2) is 24.4 Å². The first-order valence-corrected chi connectivity index (χ1v) is 8.07. The van der Waals surface area contributed by atoms with Crippen LogP contribution >= 0.6 is 11.6 Å². The van der Waals surface area contributed by atoms with Crippen LogP contribution < -0.4 is 0 Å². The molecule has 2 aromatic rings. The van der Waals surface area contributed by atoms with Gasteiger partial charge in [0.2, 0.25) is 0 Å². The van der Waals surface area contributed by atoms with Crippen LogP contribution in [0.3, 0.4) is 0 Å². The molecule has 2 saturated heterocycles. The molecule has 2 aliphatic heterocycles. The van der Waals surface area contributed by atoms with E-state index in [-0.39, 0.29) is 5.56 Å². The molecule has 1 N–H and O–H groups in total. The predicted octanol–water partition coefficient (Wildman–Crippen LogP) is 2.86. The van der Waals surface area contributed by atoms with Crippen LogP contribution in [0, 0.1) is 5.92 Å². The fourth-order valence-electron chi connectivity index (χ4n) is 3.60. The molecule has 4 rings (SSSR count). The van der Waals surface area contributed by atoms with Gasteiger partial charge in [0.25, 0.3) is 0 Å². The Balaban J connectivity index is 1.57. The maximum absolute atomic E-state index is 11.4. The molecule has 23 heavy (non-hydrogen) atoms. The van der Waals surface area contributed by atoms with Crippen LogP contribution in [-0.4, -0.2) is 38.3 Å². The lowest BCUT2D eigenvalue weighted by atomic mass is 9.89. The zero-order valence-corrected chi connectivity index (χ0v) is 13.1. The second-order valence-electron chi connectivity index (χ2n) is 6.19. The third-order valence-corrected chi connectivity index (χ3v) is 4.92. The molecule has 7 heteroatoms. The summed E-state index contributed by atoms with van der Waals surface area (Å²) in [5.74, 6) is -0.564. The van der Waals surface area contributed by atoms with E-state index in [2.05, 4.69) is 10.3 Å². The average Bonchev–Trinajstić information content (AvgIpc) is 3.24. The zero-order valence-electron chi connectivity index (χ0n) is 12.4. The van der Waals surface area contributed by atoms with Crippen LogP contribution in [0.2, 0.25) is 5.02 Å². The topological polar surface area (TPSA) is 77.2 Å². The number of rotatable bonds is 4. The van der Waals surface area contributed by atoms with Gasteiger partial charge in [-0.1, -0.05) is 22.9 Å². The minimum absolute atomic E-state index is 0.132. The maximum Gasteiger partial charge on any atom is 0.336 e. The number of carbonyl (C=O) groups is 1. The van der Waals surface area contributed by atoms with Gasteiger partial charge in [0.1, 0.15) is 5.69 Å². The molecular weight excluding hydrogens is 318 g/mol. The summed E-state index contributed by atoms with van der Waals surface area (Å²) in [7, 11) is 0. The molecule has 3 unspecified atom stereocenters. The Morgan fingerprint density at radius 2 is 2.30 bits per heavy atom. The van der Waals surface area contributed by atoms with Gasteiger partial charge in [-0.2, -0.15) is 0 Å². The van der Waals surface area contributed by atoms with Gasteiger partial charge in [0, 0.05) is 23.0 Å². The average molecular weight is 334 g/mol. The summed E-state index contributed by atoms with van der Waals surface area (Å²) in [6.45, 7) is 0.754. The Kier molecular flexibility index (Phi) is 3.58. The molecule has 1 aromatic heterocycles. The maximum atomic E-state index is 11.4. The van der Waals surface area contributed by atoms with Crippen LogP contribution in [0.5, 0.6) is 0 Å². The second kappa shape index (κ2) is 5.62. The number of benzene rings is 1. The third kappa shape index (κ3) is 2.72. The Labute approximate surface area is 138 Å². The molecule has 3 atom stereocenters. The van der Waals surface area contributed by atoms with E-state index in [4.69, 9.17) is 16.3 Å². The van der Waals surface area contributed by atoms with E-state index in [1.807, 2.05) is 0 Å². The third-order valence-electron chi connectivity index (χ3n) is 4.68. The summed E-state index contributed by atoms with van der Waals surface area (Å²) in [4.78, 5) is 11.4. The molecule has 0 radical (unpaired) electrons. The van der Waals surface area contributed by atoms with Crippen LogP contribution in [0.4, 0.5) is 0 Å². The van der Waals surface area contributed by atoms with Gasteiger partial charge < -0.3 is 9.84 Å². The van der Waals surface area contributed by atoms with E-state index in [1.165, 1.54) is 6.07 Å². The molecule has 0 saturated carbocycles. The Morgan fingerprint density at radius 3 is 3.00 bits per heavy atom. The van der Waals surface area contributed by atoms with Crippen molar-refractivity contribution in [1.82, 2.24) is 15.0 Å². The van der Waals surface area contributed by atoms with Gasteiger partial charge in [0.15, 0.2) is 0 Å². The van der Waals surface area contributed by atoms with Crippen LogP contribution in [0.25, 0.3) is 11.3 Å². The van der Waals surface area contributed by atoms with Gasteiger partial charge in [-0.15, -0.1) is 5.10 Å². The smallest absolute Gasteiger partial charge is 0.336 e. The van der Waals surface area contributed by atoms with Gasteiger partial charge in [-0.3, -0.25) is 4.68 Å². The molecule has 2 aliphatic rings. The van der Waals surface area contributed by atoms with Crippen LogP contribution in [-0.2, 0) is 11.3 Å². The molecule has 1 aromatic carbocycles. The molecule has 0 aliphatic carbocycles. The fourth-order valence-corrected chi connectivity index (χ4v) is 3.78. The number of carboxylic acids is 1. The van der Waals surface area contributed by atoms with Crippen LogP contribution in [0.1, 0.15) is 29.6 Å². The number of ether oxygens (including phenoxy) is 1. The SMILES string of the molecule is O=C(O)c1cc(Cl)ccc1-c1cn(CC2CC3CCC2O3)nn1. The summed E-state index contributed by atoms with van der Waals surface area (Å²) in [5.41, 5.74) is 1.20. The predicted molar refractivity (Wildman–Crippen MR) is 83.4 cm³/mol. The highest BCUT2D eigenvalue weighted by atomic mass is 35.5. The summed E-state index contributed by atoms with van der Waals surface area (Å²) in [6.07, 6.45) is 5.89. The van der Waals surface area contributed by atoms with Gasteiger partial charge >= 0.3 is 5.97 Å². The first-order chi connectivity index (χ1) is 11.1. The summed E-state index contributed by atoms with van der Waals surface area (Å²) in [6, 6.07) is 4.76. The molecule has 0 spiro atoms. The second-order valence-corrected chi connectivity index (χ2v) is 6.63. The Hall–Kier alpha value is -1.92. The number of fused-ring (bicyclic) bond motifs is 2. The van der Waals surface area contributed by atoms with Crippen molar-refractivity contribution < 1.29 is 14.6 Å². The highest BCUT2D eigenvalue weighted by molar-refractivity contribution is 6.31. The van der Waals surface area contributed by atoms with Crippen molar-refractivity contribution >= 4 is 17.6 Å². The largest absolute Gasteiger partial charge is 0.478 e. The van der Waals surface area contributed by atoms with Crippen molar-refractivity contribution in [3.8, 4) is 11.3 Å². The van der Waals surface area contributed by atoms with Crippen molar-refractivity contribution in [1.29, 1.82) is 0 Å². The fraction of sp³-hybridized carbons (Fsp3) is 0.438. The van der Waals surface area contributed by atoms with Gasteiger partial charge in [-0.05, 0) is 31.4 Å². The lowest BCUT2D eigenvalue weighted by Gasteiger charge is -2.17. The number of hydrogen-bond donors (Lipinski definition) is 1. The minimum atomic E-state index is -1.03. The standard InChI is InChI=1S/C16H16ClN3O3/c17-10-1-3-12(13(6-10)16(21)22)14-8-20(19-18-14)7-9-5-11-2-4-15(9)23-11/h1,3,6,8-9,11,15H,2,4-5,7H2,(H,21,22). The van der Waals surface area contributed by atoms with Crippen molar-refractivity contribution in [2.75, 3.05) is 0 Å². The number of halogens is 1. The van der Waals surface area contributed by atoms with E-state index in [0.29, 0.717) is 34.4 Å². The quantitative estimate of drug-likeness (QED) is 0.931. The van der Waals surface area contributed by atoms with E-state index in [1.54, 1.807) is 23.0 Å². The van der Waals surface area contributed by atoms with Crippen molar-refractivity contribution in [2.24, 2.45) is 5.92 Å². The number of aromatic nitrogens is 3. The number of hydrogen-bond acceptors (Lipinski definition) is 4. The highest BCUT2D eigenvalue weighted by Gasteiger charge is 2.40. The summed E-state index contributed by atoms with van der Waals surface area (Å²) >= 11 is 5.88. The first kappa shape index (κ1) is 14.7. The Bertz CT molecular complexity index is 761. The van der Waals surface area contributed by atoms with E-state index < -0.39 is 5.97 Å². The summed E-state index contributed by atoms with van der Waals surface area (Å²) in [5, 5.41) is 18.0. The monoisotopic (exact) mass is 333 g/mol. The lowest BCUT2D eigenvalue weighted by molar-refractivity contribution is 0.0697. The Morgan fingerprint density at radius 1 is 1.43 bits per heavy atom. The van der Waals surface area contributed by atoms with Gasteiger partial charge in [-0.25, -0.2) is 4.79 Å². The molecule has 2 bridgehead atoms. The van der Waals surface area contributed by atoms with Crippen molar-refractivity contribution in [2.45, 2.75) is 38.0 Å². The number of nitrogens with zero attached hydrogens (tertiary/aromatic N) is 3. The highest BCUT2D eigenvalue weighted by Crippen LogP contribution is 2.39. The molecular formula is C16H16ClN3O3. The molecule has 6 nitrogen and oxygen atoms in total. The normalized spacial score (nSPS) is 25.9. The molecule has 3 heterocycles. The van der Waals surface area contributed by atoms with E-state index >= 15 is 0 Å². The van der Waals surface area contributed by atoms with Gasteiger partial charge in [0.05, 0.1) is 24.0 Å². The number of aromatic carboxylic acids is 1. The lowest BCUT2D eigenvalue weighted by Crippen LogP contribution is -2.22. The van der Waals surface area contributed by atoms with Crippen molar-refractivity contribution in [3.05, 3.63) is 35.0 Å². The molecule has 120 valence electrons. The van der Waals surface area contributed by atoms with E-state index in [9.17, 15) is 9.90 Å². The number of carboxylic acid groups (broad SMARTS) is 1. The molecule has 2 fully saturated rings. The minimum Gasteiger partial charge on any atom is -0.478 e. The molecule has 0 amide bonds. The first-order valence-electron chi connectivity index (χ1n) is 7.69. The van der Waals surface area contributed by atoms with E-state index in [0.717, 1.165) is 25.8 Å². The van der Waals surface area contributed by atoms with Crippen molar-refractivity contribution in [3.63, 3.8) is 0 Å². The zero-order chi connectivity index (χ0) is 16.0. The summed E-state index contributed by atoms with van der Waals surface area (Å²) < 4.78 is 7.64.